The van der Waals surface area contributed by atoms with Crippen molar-refractivity contribution in [2.24, 2.45) is 0 Å². The van der Waals surface area contributed by atoms with Gasteiger partial charge in [0, 0.05) is 22.1 Å². The molecule has 0 unspecified atom stereocenters. The summed E-state index contributed by atoms with van der Waals surface area (Å²) < 4.78 is 3.25. The van der Waals surface area contributed by atoms with Crippen molar-refractivity contribution in [1.29, 1.82) is 5.26 Å². The van der Waals surface area contributed by atoms with E-state index in [0.29, 0.717) is 38.7 Å². The number of hydrogen-bond donors (Lipinski definition) is 1. The molecule has 1 N–H and O–H groups in total. The second-order valence-electron chi connectivity index (χ2n) is 7.57. The molecule has 2 aromatic carbocycles. The molecule has 0 radical (unpaired) electrons. The van der Waals surface area contributed by atoms with E-state index >= 15 is 0 Å². The van der Waals surface area contributed by atoms with E-state index < -0.39 is 5.91 Å². The number of nitrogens with one attached hydrogen (secondary N) is 1. The van der Waals surface area contributed by atoms with E-state index in [-0.39, 0.29) is 11.1 Å². The number of carbonyl (C=O) groups excluding carboxylic acids is 1. The van der Waals surface area contributed by atoms with Crippen molar-refractivity contribution >= 4 is 40.2 Å². The molecule has 164 valence electrons. The molecule has 0 aliphatic heterocycles. The highest BCUT2D eigenvalue weighted by atomic mass is 35.5. The molecule has 7 nitrogen and oxygen atoms in total. The third kappa shape index (κ3) is 4.16. The molecule has 1 amide bonds. The summed E-state index contributed by atoms with van der Waals surface area (Å²) in [6.07, 6.45) is 1.51. The first kappa shape index (κ1) is 22.1. The normalized spacial score (nSPS) is 11.4. The predicted molar refractivity (Wildman–Crippen MR) is 129 cm³/mol. The summed E-state index contributed by atoms with van der Waals surface area (Å²) in [5.41, 5.74) is 2.94. The van der Waals surface area contributed by atoms with Crippen LogP contribution in [-0.4, -0.2) is 20.2 Å². The van der Waals surface area contributed by atoms with Crippen LogP contribution in [0.2, 0.25) is 5.02 Å². The Kier molecular flexibility index (Phi) is 5.86. The highest BCUT2D eigenvalue weighted by molar-refractivity contribution is 6.31. The number of aryl methyl sites for hydroxylation is 2. The van der Waals surface area contributed by atoms with Crippen LogP contribution in [0.3, 0.4) is 0 Å². The molecule has 0 spiro atoms. The van der Waals surface area contributed by atoms with E-state index in [0.717, 1.165) is 5.69 Å². The third-order valence-corrected chi connectivity index (χ3v) is 5.53. The summed E-state index contributed by atoms with van der Waals surface area (Å²) >= 11 is 5.97. The second-order valence-corrected chi connectivity index (χ2v) is 8.00. The SMILES string of the molecule is Cc1cc(C=C(C#N)C(=O)Nc2cccc(Cl)c2)c(C)n1-n1c(C)nc2ccccc2c1=O. The molecule has 0 bridgehead atoms. The van der Waals surface area contributed by atoms with E-state index in [1.165, 1.54) is 10.8 Å². The van der Waals surface area contributed by atoms with E-state index in [1.807, 2.05) is 32.0 Å². The zero-order valence-corrected chi connectivity index (χ0v) is 19.0. The molecule has 0 atom stereocenters. The Morgan fingerprint density at radius 1 is 1.09 bits per heavy atom. The average Bonchev–Trinajstić information content (AvgIpc) is 3.05. The standard InChI is InChI=1S/C25H20ClN5O2/c1-15-11-18(12-19(14-27)24(32)29-21-8-6-7-20(26)13-21)16(2)30(15)31-17(3)28-23-10-5-4-9-22(23)25(31)33/h4-13H,1-3H3,(H,29,32). The molecule has 0 saturated carbocycles. The quantitative estimate of drug-likeness (QED) is 0.357. The lowest BCUT2D eigenvalue weighted by atomic mass is 10.1. The highest BCUT2D eigenvalue weighted by Crippen LogP contribution is 2.21. The number of anilines is 1. The minimum atomic E-state index is -0.551. The van der Waals surface area contributed by atoms with Gasteiger partial charge in [0.25, 0.3) is 11.5 Å². The van der Waals surface area contributed by atoms with Gasteiger partial charge in [-0.05, 0) is 68.8 Å². The Balaban J connectivity index is 1.77. The van der Waals surface area contributed by atoms with Crippen molar-refractivity contribution in [2.75, 3.05) is 5.32 Å². The summed E-state index contributed by atoms with van der Waals surface area (Å²) in [6.45, 7) is 5.44. The van der Waals surface area contributed by atoms with Crippen molar-refractivity contribution in [3.8, 4) is 6.07 Å². The Hall–Kier alpha value is -4.15. The molecular weight excluding hydrogens is 438 g/mol. The van der Waals surface area contributed by atoms with Crippen molar-refractivity contribution in [1.82, 2.24) is 14.3 Å². The Bertz CT molecular complexity index is 1540. The summed E-state index contributed by atoms with van der Waals surface area (Å²) in [4.78, 5) is 30.5. The average molecular weight is 458 g/mol. The molecule has 4 aromatic rings. The minimum absolute atomic E-state index is 0.0732. The number of fused-ring (bicyclic) bond motifs is 1. The van der Waals surface area contributed by atoms with Gasteiger partial charge in [-0.15, -0.1) is 0 Å². The van der Waals surface area contributed by atoms with Crippen molar-refractivity contribution in [3.05, 3.63) is 98.3 Å². The van der Waals surface area contributed by atoms with Crippen LogP contribution in [0.25, 0.3) is 17.0 Å². The maximum atomic E-state index is 13.2. The van der Waals surface area contributed by atoms with Crippen LogP contribution in [0, 0.1) is 32.1 Å². The molecule has 0 saturated heterocycles. The molecule has 4 rings (SSSR count). The number of nitrogens with zero attached hydrogens (tertiary/aromatic N) is 4. The van der Waals surface area contributed by atoms with Gasteiger partial charge in [-0.2, -0.15) is 9.94 Å². The lowest BCUT2D eigenvalue weighted by Gasteiger charge is -2.16. The van der Waals surface area contributed by atoms with Crippen LogP contribution in [0.4, 0.5) is 5.69 Å². The number of benzene rings is 2. The highest BCUT2D eigenvalue weighted by Gasteiger charge is 2.17. The fourth-order valence-corrected chi connectivity index (χ4v) is 3.96. The number of aromatic nitrogens is 3. The predicted octanol–water partition coefficient (Wildman–Crippen LogP) is 4.63. The van der Waals surface area contributed by atoms with Crippen molar-refractivity contribution < 1.29 is 4.79 Å². The monoisotopic (exact) mass is 457 g/mol. The van der Waals surface area contributed by atoms with Gasteiger partial charge >= 0.3 is 0 Å². The topological polar surface area (TPSA) is 92.7 Å². The lowest BCUT2D eigenvalue weighted by molar-refractivity contribution is -0.112. The van der Waals surface area contributed by atoms with Crippen molar-refractivity contribution in [2.45, 2.75) is 20.8 Å². The van der Waals surface area contributed by atoms with Crippen molar-refractivity contribution in [3.63, 3.8) is 0 Å². The molecule has 2 aromatic heterocycles. The van der Waals surface area contributed by atoms with Gasteiger partial charge in [0.1, 0.15) is 17.5 Å². The minimum Gasteiger partial charge on any atom is -0.321 e. The number of hydrogen-bond acceptors (Lipinski definition) is 4. The smallest absolute Gasteiger partial charge is 0.280 e. The van der Waals surface area contributed by atoms with Crippen LogP contribution in [0.1, 0.15) is 22.8 Å². The van der Waals surface area contributed by atoms with Gasteiger partial charge in [-0.3, -0.25) is 14.3 Å². The molecule has 0 fully saturated rings. The third-order valence-electron chi connectivity index (χ3n) is 5.30. The number of carbonyl (C=O) groups is 1. The Morgan fingerprint density at radius 2 is 1.85 bits per heavy atom. The Morgan fingerprint density at radius 3 is 2.58 bits per heavy atom. The molecule has 0 aliphatic rings. The number of amides is 1. The van der Waals surface area contributed by atoms with Crippen LogP contribution < -0.4 is 10.9 Å². The maximum Gasteiger partial charge on any atom is 0.280 e. The summed E-state index contributed by atoms with van der Waals surface area (Å²) in [5, 5.41) is 13.3. The summed E-state index contributed by atoms with van der Waals surface area (Å²) in [7, 11) is 0. The van der Waals surface area contributed by atoms with Crippen LogP contribution >= 0.6 is 11.6 Å². The second kappa shape index (κ2) is 8.77. The zero-order valence-electron chi connectivity index (χ0n) is 18.3. The van der Waals surface area contributed by atoms with E-state index in [1.54, 1.807) is 54.1 Å². The molecule has 2 heterocycles. The number of nitriles is 1. The van der Waals surface area contributed by atoms with Gasteiger partial charge in [-0.25, -0.2) is 4.98 Å². The van der Waals surface area contributed by atoms with E-state index in [4.69, 9.17) is 11.6 Å². The van der Waals surface area contributed by atoms with Gasteiger partial charge in [0.2, 0.25) is 0 Å². The maximum absolute atomic E-state index is 13.2. The fraction of sp³-hybridized carbons (Fsp3) is 0.120. The van der Waals surface area contributed by atoms with Crippen LogP contribution in [0.15, 0.2) is 65.0 Å². The summed E-state index contributed by atoms with van der Waals surface area (Å²) in [5.74, 6) is -0.0273. The van der Waals surface area contributed by atoms with Gasteiger partial charge in [-0.1, -0.05) is 29.8 Å². The first-order chi connectivity index (χ1) is 15.8. The van der Waals surface area contributed by atoms with E-state index in [2.05, 4.69) is 10.3 Å². The van der Waals surface area contributed by atoms with Crippen LogP contribution in [-0.2, 0) is 4.79 Å². The molecule has 8 heteroatoms. The zero-order chi connectivity index (χ0) is 23.7. The molecular formula is C25H20ClN5O2. The molecule has 0 aliphatic carbocycles. The number of rotatable bonds is 4. The first-order valence-corrected chi connectivity index (χ1v) is 10.5. The summed E-state index contributed by atoms with van der Waals surface area (Å²) in [6, 6.07) is 17.6. The largest absolute Gasteiger partial charge is 0.321 e. The van der Waals surface area contributed by atoms with Crippen LogP contribution in [0.5, 0.6) is 0 Å². The fourth-order valence-electron chi connectivity index (χ4n) is 3.77. The van der Waals surface area contributed by atoms with Gasteiger partial charge < -0.3 is 5.32 Å². The first-order valence-electron chi connectivity index (χ1n) is 10.2. The van der Waals surface area contributed by atoms with E-state index in [9.17, 15) is 14.9 Å². The van der Waals surface area contributed by atoms with Gasteiger partial charge in [0.15, 0.2) is 0 Å². The lowest BCUT2D eigenvalue weighted by Crippen LogP contribution is -2.30. The number of para-hydroxylation sites is 1. The number of halogens is 1. The molecule has 33 heavy (non-hydrogen) atoms. The Labute approximate surface area is 195 Å². The van der Waals surface area contributed by atoms with Gasteiger partial charge in [0.05, 0.1) is 10.9 Å².